The maximum atomic E-state index is 11.6. The van der Waals surface area contributed by atoms with E-state index in [4.69, 9.17) is 19.9 Å². The summed E-state index contributed by atoms with van der Waals surface area (Å²) in [7, 11) is 0. The van der Waals surface area contributed by atoms with Gasteiger partial charge in [0.25, 0.3) is 0 Å². The van der Waals surface area contributed by atoms with Crippen molar-refractivity contribution < 1.29 is 59.7 Å². The molecule has 0 saturated carbocycles. The van der Waals surface area contributed by atoms with Gasteiger partial charge in [0.15, 0.2) is 0 Å². The van der Waals surface area contributed by atoms with E-state index < -0.39 is 37.4 Å². The van der Waals surface area contributed by atoms with E-state index in [1.807, 2.05) is 13.8 Å². The fourth-order valence-electron chi connectivity index (χ4n) is 6.12. The number of aromatic nitrogens is 4. The van der Waals surface area contributed by atoms with Crippen LogP contribution in [0, 0.1) is 13.8 Å². The minimum Gasteiger partial charge on any atom is -0.657 e. The second kappa shape index (κ2) is 14.4. The molecule has 0 spiro atoms. The van der Waals surface area contributed by atoms with E-state index in [0.717, 1.165) is 5.56 Å². The minimum atomic E-state index is -1.26. The Morgan fingerprint density at radius 2 is 1.19 bits per heavy atom. The minimum absolute atomic E-state index is 0. The predicted molar refractivity (Wildman–Crippen MR) is 171 cm³/mol. The van der Waals surface area contributed by atoms with Crippen molar-refractivity contribution in [3.8, 4) is 0 Å². The third kappa shape index (κ3) is 7.00. The maximum absolute atomic E-state index is 11.6. The van der Waals surface area contributed by atoms with Gasteiger partial charge in [0.2, 0.25) is 0 Å². The average molecular weight is 694 g/mol. The van der Waals surface area contributed by atoms with E-state index in [-0.39, 0.29) is 45.2 Å². The molecule has 3 aromatic heterocycles. The summed E-state index contributed by atoms with van der Waals surface area (Å²) in [4.78, 5) is 42.4. The second-order valence-corrected chi connectivity index (χ2v) is 11.6. The molecule has 0 amide bonds. The van der Waals surface area contributed by atoms with Crippen molar-refractivity contribution >= 4 is 56.3 Å². The van der Waals surface area contributed by atoms with E-state index >= 15 is 0 Å². The van der Waals surface area contributed by atoms with Gasteiger partial charge in [0.05, 0.1) is 36.0 Å². The van der Waals surface area contributed by atoms with E-state index in [2.05, 4.69) is 0 Å². The van der Waals surface area contributed by atoms with Gasteiger partial charge in [0.1, 0.15) is 12.2 Å². The first kappa shape index (κ1) is 35.9. The summed E-state index contributed by atoms with van der Waals surface area (Å²) in [6, 6.07) is 6.81. The Morgan fingerprint density at radius 1 is 0.681 bits per heavy atom. The molecule has 242 valence electrons. The molecule has 12 nitrogen and oxygen atoms in total. The van der Waals surface area contributed by atoms with Gasteiger partial charge < -0.3 is 40.6 Å². The second-order valence-electron chi connectivity index (χ2n) is 11.6. The third-order valence-electron chi connectivity index (χ3n) is 8.67. The monoisotopic (exact) mass is 692 g/mol. The molecule has 0 radical (unpaired) electrons. The first-order chi connectivity index (χ1) is 21.8. The quantitative estimate of drug-likeness (QED) is 0.169. The molecule has 3 aromatic rings. The number of aliphatic hydroxyl groups is 4. The number of hydrogen-bond acceptors (Lipinski definition) is 8. The van der Waals surface area contributed by atoms with Gasteiger partial charge in [-0.3, -0.25) is 9.59 Å². The number of rotatable bonds is 10. The molecule has 0 aliphatic carbocycles. The molecule has 0 fully saturated rings. The molecule has 2 aliphatic heterocycles. The molecule has 5 rings (SSSR count). The first-order valence-electron chi connectivity index (χ1n) is 14.9. The summed E-state index contributed by atoms with van der Waals surface area (Å²) >= 11 is 0. The fraction of sp³-hybridized carbons (Fsp3) is 0.353. The smallest absolute Gasteiger partial charge is 0.657 e. The standard InChI is InChI=1S/C34H38N4O8.Zn/c1-15-19(5-7-31(43)44)25-12-26-20(6-8-32(45)46)16(2)22(36-26)10-27-34(30(42)14-40)18(4)24(38-27)11-28-33(29(41)13-39)17(3)23(37-28)9-21(15)35-25;/h9-12,29-30,39-42H,5-8,13-14H2,1-4H3,(H4,35,36,37,38,43,44,45,46);/q;+2/p-2. The van der Waals surface area contributed by atoms with E-state index in [9.17, 15) is 40.2 Å². The van der Waals surface area contributed by atoms with Crippen LogP contribution in [0.4, 0.5) is 0 Å². The van der Waals surface area contributed by atoms with Gasteiger partial charge in [-0.05, 0) is 62.8 Å². The number of hydrogen-bond donors (Lipinski definition) is 6. The van der Waals surface area contributed by atoms with Crippen LogP contribution in [-0.2, 0) is 35.5 Å². The zero-order valence-electron chi connectivity index (χ0n) is 26.7. The van der Waals surface area contributed by atoms with Crippen LogP contribution in [0.2, 0.25) is 0 Å². The van der Waals surface area contributed by atoms with E-state index in [0.29, 0.717) is 83.8 Å². The zero-order chi connectivity index (χ0) is 33.4. The van der Waals surface area contributed by atoms with Gasteiger partial charge in [-0.15, -0.1) is 22.1 Å². The Labute approximate surface area is 283 Å². The Morgan fingerprint density at radius 3 is 1.83 bits per heavy atom. The predicted octanol–water partition coefficient (Wildman–Crippen LogP) is 3.31. The van der Waals surface area contributed by atoms with Gasteiger partial charge >= 0.3 is 31.4 Å². The summed E-state index contributed by atoms with van der Waals surface area (Å²) in [5.74, 6) is -1.94. The van der Waals surface area contributed by atoms with E-state index in [1.54, 1.807) is 38.1 Å². The normalized spacial score (nSPS) is 14.3. The van der Waals surface area contributed by atoms with Crippen molar-refractivity contribution in [3.63, 3.8) is 0 Å². The number of nitrogens with zero attached hydrogens (tertiary/aromatic N) is 4. The van der Waals surface area contributed by atoms with Crippen molar-refractivity contribution in [2.24, 2.45) is 0 Å². The Hall–Kier alpha value is -4.00. The van der Waals surface area contributed by atoms with Crippen LogP contribution in [0.25, 0.3) is 44.4 Å². The molecule has 8 bridgehead atoms. The summed E-state index contributed by atoms with van der Waals surface area (Å²) in [6.07, 6.45) is -2.40. The van der Waals surface area contributed by atoms with Crippen molar-refractivity contribution in [1.82, 2.24) is 19.9 Å². The molecule has 0 aromatic carbocycles. The molecular weight excluding hydrogens is 658 g/mol. The van der Waals surface area contributed by atoms with Crippen LogP contribution in [0.5, 0.6) is 0 Å². The van der Waals surface area contributed by atoms with Gasteiger partial charge in [-0.1, -0.05) is 41.0 Å². The fourth-order valence-corrected chi connectivity index (χ4v) is 6.12. The number of aryl methyl sites for hydroxylation is 3. The van der Waals surface area contributed by atoms with Crippen LogP contribution < -0.4 is 9.97 Å². The molecule has 2 unspecified atom stereocenters. The van der Waals surface area contributed by atoms with Gasteiger partial charge in [-0.25, -0.2) is 9.97 Å². The average Bonchev–Trinajstić information content (AvgIpc) is 3.67. The topological polar surface area (TPSA) is 209 Å². The Kier molecular flexibility index (Phi) is 11.0. The summed E-state index contributed by atoms with van der Waals surface area (Å²) in [5, 5.41) is 60.3. The molecule has 6 N–H and O–H groups in total. The molecular formula is C34H36N4O8Zn. The SMILES string of the molecule is CC1=C(CCC(=O)O)c2cc3[n-]c(cc4nc(cc5[n-]c(cc1n2)c(C(O)CO)c5C)C(C(O)CO)=C4C)c(C)c3CCC(=O)O.[Zn+2]. The van der Waals surface area contributed by atoms with Crippen molar-refractivity contribution in [2.45, 2.75) is 65.6 Å². The van der Waals surface area contributed by atoms with Crippen molar-refractivity contribution in [2.75, 3.05) is 13.2 Å². The van der Waals surface area contributed by atoms with Crippen LogP contribution in [0.3, 0.4) is 0 Å². The van der Waals surface area contributed by atoms with Crippen molar-refractivity contribution in [1.29, 1.82) is 0 Å². The number of aliphatic carboxylic acids is 2. The third-order valence-corrected chi connectivity index (χ3v) is 8.67. The number of carboxylic acids is 2. The number of fused-ring (bicyclic) bond motifs is 8. The largest absolute Gasteiger partial charge is 2.00 e. The molecule has 5 heterocycles. The molecule has 0 saturated heterocycles. The molecule has 2 atom stereocenters. The maximum Gasteiger partial charge on any atom is 2.00 e. The van der Waals surface area contributed by atoms with Crippen LogP contribution in [-0.4, -0.2) is 71.9 Å². The van der Waals surface area contributed by atoms with Crippen LogP contribution in [0.1, 0.15) is 84.2 Å². The summed E-state index contributed by atoms with van der Waals surface area (Å²) in [5.41, 5.74) is 8.43. The zero-order valence-corrected chi connectivity index (χ0v) is 29.7. The molecule has 13 heteroatoms. The summed E-state index contributed by atoms with van der Waals surface area (Å²) < 4.78 is 0. The molecule has 47 heavy (non-hydrogen) atoms. The van der Waals surface area contributed by atoms with Crippen LogP contribution in [0.15, 0.2) is 24.3 Å². The van der Waals surface area contributed by atoms with Crippen molar-refractivity contribution in [3.05, 3.63) is 69.3 Å². The van der Waals surface area contributed by atoms with Gasteiger partial charge in [-0.2, -0.15) is 0 Å². The molecule has 2 aliphatic rings. The number of carboxylic acid groups (broad SMARTS) is 2. The first-order valence-corrected chi connectivity index (χ1v) is 14.9. The number of allylic oxidation sites excluding steroid dienone is 3. The number of aliphatic hydroxyl groups excluding tert-OH is 4. The number of carbonyl (C=O) groups is 2. The van der Waals surface area contributed by atoms with E-state index in [1.165, 1.54) is 0 Å². The summed E-state index contributed by atoms with van der Waals surface area (Å²) in [6.45, 7) is 6.08. The van der Waals surface area contributed by atoms with Gasteiger partial charge in [0, 0.05) is 18.4 Å². The Bertz CT molecular complexity index is 1970. The Balaban J connectivity index is 0.00000500. The van der Waals surface area contributed by atoms with Crippen LogP contribution >= 0.6 is 0 Å².